The number of aryl methyl sites for hydroxylation is 2. The molecule has 2 aromatic heterocycles. The first-order valence-corrected chi connectivity index (χ1v) is 7.37. The van der Waals surface area contributed by atoms with Crippen LogP contribution in [0.5, 0.6) is 0 Å². The number of aromatic nitrogens is 2. The highest BCUT2D eigenvalue weighted by Crippen LogP contribution is 2.29. The number of anilines is 1. The zero-order valence-corrected chi connectivity index (χ0v) is 12.4. The van der Waals surface area contributed by atoms with Crippen LogP contribution in [-0.4, -0.2) is 9.97 Å². The molecule has 0 aliphatic heterocycles. The number of nitrogens with zero attached hydrogens (tertiary/aromatic N) is 2. The minimum absolute atomic E-state index is 0.573. The molecule has 2 N–H and O–H groups in total. The Morgan fingerprint density at radius 2 is 1.71 bits per heavy atom. The van der Waals surface area contributed by atoms with E-state index in [1.54, 1.807) is 0 Å². The number of nitrogen functional groups attached to an aromatic ring is 1. The van der Waals surface area contributed by atoms with Crippen LogP contribution in [0.2, 0.25) is 0 Å². The van der Waals surface area contributed by atoms with E-state index in [1.165, 1.54) is 0 Å². The SMILES string of the molecule is CCc1cc2nc(N)c(-c3ccccc3)cc2c(CC)n1. The van der Waals surface area contributed by atoms with Gasteiger partial charge in [-0.25, -0.2) is 4.98 Å². The van der Waals surface area contributed by atoms with Gasteiger partial charge in [-0.05, 0) is 30.5 Å². The molecule has 0 fully saturated rings. The summed E-state index contributed by atoms with van der Waals surface area (Å²) in [7, 11) is 0. The van der Waals surface area contributed by atoms with Crippen molar-refractivity contribution in [3.8, 4) is 11.1 Å². The third-order valence-corrected chi connectivity index (χ3v) is 3.76. The van der Waals surface area contributed by atoms with E-state index in [2.05, 4.69) is 37.0 Å². The molecule has 1 aromatic carbocycles. The van der Waals surface area contributed by atoms with Crippen molar-refractivity contribution in [2.24, 2.45) is 0 Å². The Morgan fingerprint density at radius 1 is 0.952 bits per heavy atom. The van der Waals surface area contributed by atoms with Gasteiger partial charge in [-0.3, -0.25) is 4.98 Å². The van der Waals surface area contributed by atoms with Gasteiger partial charge in [0.2, 0.25) is 0 Å². The summed E-state index contributed by atoms with van der Waals surface area (Å²) in [6.45, 7) is 4.23. The van der Waals surface area contributed by atoms with Crippen molar-refractivity contribution < 1.29 is 0 Å². The van der Waals surface area contributed by atoms with E-state index in [0.717, 1.165) is 46.3 Å². The molecule has 0 radical (unpaired) electrons. The average molecular weight is 277 g/mol. The van der Waals surface area contributed by atoms with E-state index in [1.807, 2.05) is 24.3 Å². The van der Waals surface area contributed by atoms with Crippen LogP contribution in [0.25, 0.3) is 22.0 Å². The van der Waals surface area contributed by atoms with Crippen molar-refractivity contribution in [3.63, 3.8) is 0 Å². The Labute approximate surface area is 124 Å². The Kier molecular flexibility index (Phi) is 3.57. The van der Waals surface area contributed by atoms with Gasteiger partial charge in [0.25, 0.3) is 0 Å². The first kappa shape index (κ1) is 13.6. The van der Waals surface area contributed by atoms with E-state index in [9.17, 15) is 0 Å². The summed E-state index contributed by atoms with van der Waals surface area (Å²) in [4.78, 5) is 9.33. The Bertz CT molecular complexity index is 779. The Balaban J connectivity index is 2.28. The highest BCUT2D eigenvalue weighted by molar-refractivity contribution is 5.90. The lowest BCUT2D eigenvalue weighted by Crippen LogP contribution is -2.00. The van der Waals surface area contributed by atoms with Crippen LogP contribution >= 0.6 is 0 Å². The first-order chi connectivity index (χ1) is 10.2. The molecule has 3 aromatic rings. The summed E-state index contributed by atoms with van der Waals surface area (Å²) in [5.41, 5.74) is 11.3. The zero-order valence-electron chi connectivity index (χ0n) is 12.4. The quantitative estimate of drug-likeness (QED) is 0.787. The Hall–Kier alpha value is -2.42. The normalized spacial score (nSPS) is 11.0. The van der Waals surface area contributed by atoms with Gasteiger partial charge in [-0.1, -0.05) is 44.2 Å². The molecule has 3 rings (SSSR count). The van der Waals surface area contributed by atoms with Crippen molar-refractivity contribution in [1.29, 1.82) is 0 Å². The van der Waals surface area contributed by atoms with Crippen LogP contribution < -0.4 is 5.73 Å². The van der Waals surface area contributed by atoms with Crippen LogP contribution in [0.1, 0.15) is 25.2 Å². The van der Waals surface area contributed by atoms with Crippen LogP contribution in [0.3, 0.4) is 0 Å². The van der Waals surface area contributed by atoms with Gasteiger partial charge in [0.15, 0.2) is 0 Å². The smallest absolute Gasteiger partial charge is 0.132 e. The standard InChI is InChI=1S/C18H19N3/c1-3-13-10-17-15(16(4-2)20-13)11-14(18(19)21-17)12-8-6-5-7-9-12/h5-11H,3-4H2,1-2H3,(H2,19,21). The summed E-state index contributed by atoms with van der Waals surface area (Å²) in [5, 5.41) is 1.10. The van der Waals surface area contributed by atoms with E-state index in [-0.39, 0.29) is 0 Å². The molecule has 0 aliphatic rings. The molecule has 0 atom stereocenters. The fourth-order valence-electron chi connectivity index (χ4n) is 2.61. The van der Waals surface area contributed by atoms with E-state index < -0.39 is 0 Å². The van der Waals surface area contributed by atoms with Gasteiger partial charge in [-0.15, -0.1) is 0 Å². The molecule has 0 spiro atoms. The monoisotopic (exact) mass is 277 g/mol. The van der Waals surface area contributed by atoms with Crippen molar-refractivity contribution >= 4 is 16.7 Å². The highest BCUT2D eigenvalue weighted by atomic mass is 14.8. The van der Waals surface area contributed by atoms with Crippen molar-refractivity contribution in [1.82, 2.24) is 9.97 Å². The molecular weight excluding hydrogens is 258 g/mol. The van der Waals surface area contributed by atoms with E-state index >= 15 is 0 Å². The Morgan fingerprint density at radius 3 is 2.38 bits per heavy atom. The number of nitrogens with two attached hydrogens (primary N) is 1. The molecular formula is C18H19N3. The van der Waals surface area contributed by atoms with Crippen molar-refractivity contribution in [2.75, 3.05) is 5.73 Å². The van der Waals surface area contributed by atoms with Crippen molar-refractivity contribution in [2.45, 2.75) is 26.7 Å². The van der Waals surface area contributed by atoms with Crippen LogP contribution in [0.15, 0.2) is 42.5 Å². The van der Waals surface area contributed by atoms with E-state index in [4.69, 9.17) is 10.7 Å². The third kappa shape index (κ3) is 2.47. The molecule has 3 heteroatoms. The number of pyridine rings is 2. The van der Waals surface area contributed by atoms with Gasteiger partial charge in [-0.2, -0.15) is 0 Å². The summed E-state index contributed by atoms with van der Waals surface area (Å²) >= 11 is 0. The van der Waals surface area contributed by atoms with Crippen molar-refractivity contribution in [3.05, 3.63) is 53.9 Å². The van der Waals surface area contributed by atoms with Gasteiger partial charge in [0.05, 0.1) is 5.52 Å². The molecule has 0 bridgehead atoms. The maximum Gasteiger partial charge on any atom is 0.132 e. The fourth-order valence-corrected chi connectivity index (χ4v) is 2.61. The largest absolute Gasteiger partial charge is 0.383 e. The predicted molar refractivity (Wildman–Crippen MR) is 88.1 cm³/mol. The minimum atomic E-state index is 0.573. The molecule has 3 nitrogen and oxygen atoms in total. The molecule has 0 amide bonds. The lowest BCUT2D eigenvalue weighted by Gasteiger charge is -2.11. The number of fused-ring (bicyclic) bond motifs is 1. The highest BCUT2D eigenvalue weighted by Gasteiger charge is 2.10. The number of benzene rings is 1. The van der Waals surface area contributed by atoms with Gasteiger partial charge in [0, 0.05) is 22.3 Å². The second-order valence-electron chi connectivity index (χ2n) is 5.12. The lowest BCUT2D eigenvalue weighted by atomic mass is 10.0. The second kappa shape index (κ2) is 5.52. The van der Waals surface area contributed by atoms with E-state index in [0.29, 0.717) is 5.82 Å². The summed E-state index contributed by atoms with van der Waals surface area (Å²) < 4.78 is 0. The molecule has 106 valence electrons. The summed E-state index contributed by atoms with van der Waals surface area (Å²) in [6, 6.07) is 14.3. The molecule has 21 heavy (non-hydrogen) atoms. The molecule has 0 saturated carbocycles. The van der Waals surface area contributed by atoms with Crippen LogP contribution in [-0.2, 0) is 12.8 Å². The van der Waals surface area contributed by atoms with Gasteiger partial charge in [0.1, 0.15) is 5.82 Å². The predicted octanol–water partition coefficient (Wildman–Crippen LogP) is 4.00. The molecule has 0 aliphatic carbocycles. The topological polar surface area (TPSA) is 51.8 Å². The maximum atomic E-state index is 6.17. The zero-order chi connectivity index (χ0) is 14.8. The fraction of sp³-hybridized carbons (Fsp3) is 0.222. The maximum absolute atomic E-state index is 6.17. The summed E-state index contributed by atoms with van der Waals surface area (Å²) in [5.74, 6) is 0.573. The van der Waals surface area contributed by atoms with Gasteiger partial charge < -0.3 is 5.73 Å². The molecule has 0 saturated heterocycles. The molecule has 2 heterocycles. The molecule has 0 unspecified atom stereocenters. The number of hydrogen-bond donors (Lipinski definition) is 1. The van der Waals surface area contributed by atoms with Gasteiger partial charge >= 0.3 is 0 Å². The minimum Gasteiger partial charge on any atom is -0.383 e. The van der Waals surface area contributed by atoms with Crippen LogP contribution in [0, 0.1) is 0 Å². The second-order valence-corrected chi connectivity index (χ2v) is 5.12. The first-order valence-electron chi connectivity index (χ1n) is 7.37. The number of rotatable bonds is 3. The number of hydrogen-bond acceptors (Lipinski definition) is 3. The lowest BCUT2D eigenvalue weighted by molar-refractivity contribution is 0.969. The summed E-state index contributed by atoms with van der Waals surface area (Å²) in [6.07, 6.45) is 1.80. The van der Waals surface area contributed by atoms with Crippen LogP contribution in [0.4, 0.5) is 5.82 Å². The third-order valence-electron chi connectivity index (χ3n) is 3.76. The average Bonchev–Trinajstić information content (AvgIpc) is 2.53.